The van der Waals surface area contributed by atoms with Crippen LogP contribution in [0.5, 0.6) is 0 Å². The highest BCUT2D eigenvalue weighted by Gasteiger charge is 2.26. The summed E-state index contributed by atoms with van der Waals surface area (Å²) in [5, 5.41) is 6.24. The molecule has 1 aromatic carbocycles. The molecule has 0 aliphatic carbocycles. The molecule has 26 heavy (non-hydrogen) atoms. The molecule has 1 amide bonds. The van der Waals surface area contributed by atoms with Gasteiger partial charge < -0.3 is 15.4 Å². The van der Waals surface area contributed by atoms with Gasteiger partial charge in [-0.05, 0) is 17.7 Å². The Bertz CT molecular complexity index is 697. The van der Waals surface area contributed by atoms with E-state index in [9.17, 15) is 13.2 Å². The van der Waals surface area contributed by atoms with E-state index in [-0.39, 0.29) is 16.8 Å². The Kier molecular flexibility index (Phi) is 6.93. The smallest absolute Gasteiger partial charge is 0.243 e. The van der Waals surface area contributed by atoms with Crippen molar-refractivity contribution in [3.63, 3.8) is 0 Å². The largest absolute Gasteiger partial charge is 0.379 e. The maximum atomic E-state index is 12.6. The Morgan fingerprint density at radius 2 is 2.00 bits per heavy atom. The van der Waals surface area contributed by atoms with Crippen molar-refractivity contribution in [1.82, 2.24) is 14.9 Å². The summed E-state index contributed by atoms with van der Waals surface area (Å²) >= 11 is 1.86. The third-order valence-electron chi connectivity index (χ3n) is 4.45. The number of sulfonamides is 1. The Morgan fingerprint density at radius 1 is 1.27 bits per heavy atom. The third-order valence-corrected chi connectivity index (χ3v) is 7.49. The number of ether oxygens (including phenoxy) is 1. The molecule has 1 unspecified atom stereocenters. The molecule has 2 heterocycles. The molecule has 0 radical (unpaired) electrons. The zero-order chi connectivity index (χ0) is 18.4. The molecule has 1 atom stereocenters. The van der Waals surface area contributed by atoms with Gasteiger partial charge in [0.05, 0.1) is 18.1 Å². The second kappa shape index (κ2) is 9.18. The molecule has 9 heteroatoms. The first-order valence-electron chi connectivity index (χ1n) is 8.80. The van der Waals surface area contributed by atoms with Crippen molar-refractivity contribution >= 4 is 27.7 Å². The molecule has 2 N–H and O–H groups in total. The highest BCUT2D eigenvalue weighted by atomic mass is 32.2. The molecule has 7 nitrogen and oxygen atoms in total. The fourth-order valence-electron chi connectivity index (χ4n) is 2.96. The van der Waals surface area contributed by atoms with Gasteiger partial charge in [0.1, 0.15) is 0 Å². The molecule has 0 bridgehead atoms. The third kappa shape index (κ3) is 5.20. The minimum absolute atomic E-state index is 0.00927. The van der Waals surface area contributed by atoms with E-state index in [0.717, 1.165) is 23.6 Å². The van der Waals surface area contributed by atoms with Gasteiger partial charge in [-0.1, -0.05) is 12.1 Å². The van der Waals surface area contributed by atoms with Gasteiger partial charge in [-0.25, -0.2) is 8.42 Å². The van der Waals surface area contributed by atoms with Crippen LogP contribution in [0.4, 0.5) is 0 Å². The summed E-state index contributed by atoms with van der Waals surface area (Å²) in [6, 6.07) is 6.94. The van der Waals surface area contributed by atoms with E-state index in [1.54, 1.807) is 24.3 Å². The number of morpholine rings is 1. The van der Waals surface area contributed by atoms with E-state index in [4.69, 9.17) is 4.74 Å². The summed E-state index contributed by atoms with van der Waals surface area (Å²) < 4.78 is 31.8. The number of benzene rings is 1. The van der Waals surface area contributed by atoms with Gasteiger partial charge in [0, 0.05) is 50.1 Å². The van der Waals surface area contributed by atoms with E-state index in [2.05, 4.69) is 10.6 Å². The topological polar surface area (TPSA) is 87.7 Å². The summed E-state index contributed by atoms with van der Waals surface area (Å²) in [4.78, 5) is 12.3. The second-order valence-corrected chi connectivity index (χ2v) is 9.45. The van der Waals surface area contributed by atoms with Crippen LogP contribution in [0.2, 0.25) is 0 Å². The highest BCUT2D eigenvalue weighted by molar-refractivity contribution is 7.99. The first-order valence-corrected chi connectivity index (χ1v) is 11.4. The lowest BCUT2D eigenvalue weighted by Crippen LogP contribution is -2.41. The van der Waals surface area contributed by atoms with Crippen LogP contribution >= 0.6 is 11.8 Å². The first kappa shape index (κ1) is 19.6. The maximum absolute atomic E-state index is 12.6. The monoisotopic (exact) mass is 399 g/mol. The molecule has 0 spiro atoms. The Hall–Kier alpha value is -1.13. The SMILES string of the molecule is O=C(CC1CSCCN1)NCc1ccc(S(=O)(=O)N2CCOCC2)cc1. The summed E-state index contributed by atoms with van der Waals surface area (Å²) in [6.07, 6.45) is 0.469. The standard InChI is InChI=1S/C17H25N3O4S2/c21-17(11-15-13-25-10-5-18-15)19-12-14-1-3-16(4-2-14)26(22,23)20-6-8-24-9-7-20/h1-4,15,18H,5-13H2,(H,19,21). The number of rotatable bonds is 6. The molecular formula is C17H25N3O4S2. The van der Waals surface area contributed by atoms with Gasteiger partial charge in [-0.3, -0.25) is 4.79 Å². The molecule has 0 aromatic heterocycles. The molecule has 144 valence electrons. The number of nitrogens with one attached hydrogen (secondary N) is 2. The van der Waals surface area contributed by atoms with Crippen LogP contribution in [0, 0.1) is 0 Å². The maximum Gasteiger partial charge on any atom is 0.243 e. The van der Waals surface area contributed by atoms with Crippen molar-refractivity contribution in [1.29, 1.82) is 0 Å². The van der Waals surface area contributed by atoms with Crippen molar-refractivity contribution in [3.05, 3.63) is 29.8 Å². The number of carbonyl (C=O) groups excluding carboxylic acids is 1. The zero-order valence-corrected chi connectivity index (χ0v) is 16.3. The fourth-order valence-corrected chi connectivity index (χ4v) is 5.32. The number of carbonyl (C=O) groups is 1. The van der Waals surface area contributed by atoms with Gasteiger partial charge in [-0.15, -0.1) is 0 Å². The average molecular weight is 400 g/mol. The van der Waals surface area contributed by atoms with E-state index < -0.39 is 10.0 Å². The minimum Gasteiger partial charge on any atom is -0.379 e. The van der Waals surface area contributed by atoms with Crippen LogP contribution in [0.25, 0.3) is 0 Å². The lowest BCUT2D eigenvalue weighted by molar-refractivity contribution is -0.121. The Morgan fingerprint density at radius 3 is 2.65 bits per heavy atom. The summed E-state index contributed by atoms with van der Waals surface area (Å²) in [6.45, 7) is 2.97. The average Bonchev–Trinajstić information content (AvgIpc) is 2.68. The highest BCUT2D eigenvalue weighted by Crippen LogP contribution is 2.17. The lowest BCUT2D eigenvalue weighted by atomic mass is 10.2. The van der Waals surface area contributed by atoms with Crippen molar-refractivity contribution < 1.29 is 17.9 Å². The lowest BCUT2D eigenvalue weighted by Gasteiger charge is -2.26. The number of amides is 1. The number of thioether (sulfide) groups is 1. The van der Waals surface area contributed by atoms with E-state index in [1.165, 1.54) is 4.31 Å². The number of nitrogens with zero attached hydrogens (tertiary/aromatic N) is 1. The van der Waals surface area contributed by atoms with Crippen LogP contribution in [-0.4, -0.2) is 69.0 Å². The molecule has 2 fully saturated rings. The predicted octanol–water partition coefficient (Wildman–Crippen LogP) is 0.419. The molecule has 2 aliphatic rings. The second-order valence-electron chi connectivity index (χ2n) is 6.37. The Balaban J connectivity index is 1.51. The van der Waals surface area contributed by atoms with Gasteiger partial charge in [0.2, 0.25) is 15.9 Å². The van der Waals surface area contributed by atoms with Crippen LogP contribution in [-0.2, 0) is 26.1 Å². The van der Waals surface area contributed by atoms with Crippen molar-refractivity contribution in [3.8, 4) is 0 Å². The van der Waals surface area contributed by atoms with Crippen LogP contribution in [0.1, 0.15) is 12.0 Å². The van der Waals surface area contributed by atoms with Crippen LogP contribution < -0.4 is 10.6 Å². The minimum atomic E-state index is -3.47. The van der Waals surface area contributed by atoms with Crippen molar-refractivity contribution in [2.75, 3.05) is 44.4 Å². The molecule has 3 rings (SSSR count). The Labute approximate surface area is 158 Å². The van der Waals surface area contributed by atoms with Crippen molar-refractivity contribution in [2.24, 2.45) is 0 Å². The summed E-state index contributed by atoms with van der Waals surface area (Å²) in [5.41, 5.74) is 0.880. The summed E-state index contributed by atoms with van der Waals surface area (Å²) in [7, 11) is -3.47. The molecule has 1 aromatic rings. The normalized spacial score (nSPS) is 22.1. The predicted molar refractivity (Wildman–Crippen MR) is 102 cm³/mol. The number of hydrogen-bond acceptors (Lipinski definition) is 6. The molecular weight excluding hydrogens is 374 g/mol. The van der Waals surface area contributed by atoms with Gasteiger partial charge >= 0.3 is 0 Å². The molecule has 2 aliphatic heterocycles. The molecule has 2 saturated heterocycles. The van der Waals surface area contributed by atoms with Crippen molar-refractivity contribution in [2.45, 2.75) is 23.9 Å². The number of hydrogen-bond donors (Lipinski definition) is 2. The van der Waals surface area contributed by atoms with Gasteiger partial charge in [0.25, 0.3) is 0 Å². The van der Waals surface area contributed by atoms with Crippen LogP contribution in [0.15, 0.2) is 29.2 Å². The van der Waals surface area contributed by atoms with E-state index in [1.807, 2.05) is 11.8 Å². The zero-order valence-electron chi connectivity index (χ0n) is 14.6. The van der Waals surface area contributed by atoms with Gasteiger partial charge in [-0.2, -0.15) is 16.1 Å². The van der Waals surface area contributed by atoms with Gasteiger partial charge in [0.15, 0.2) is 0 Å². The first-order chi connectivity index (χ1) is 12.6. The van der Waals surface area contributed by atoms with E-state index >= 15 is 0 Å². The van der Waals surface area contributed by atoms with Crippen LogP contribution in [0.3, 0.4) is 0 Å². The van der Waals surface area contributed by atoms with E-state index in [0.29, 0.717) is 39.3 Å². The summed E-state index contributed by atoms with van der Waals surface area (Å²) in [5.74, 6) is 2.06. The fraction of sp³-hybridized carbons (Fsp3) is 0.588. The molecule has 0 saturated carbocycles. The quantitative estimate of drug-likeness (QED) is 0.721.